The summed E-state index contributed by atoms with van der Waals surface area (Å²) < 4.78 is 17.5. The molecule has 0 saturated carbocycles. The lowest BCUT2D eigenvalue weighted by Crippen LogP contribution is -2.48. The Morgan fingerprint density at radius 3 is 2.45 bits per heavy atom. The average Bonchev–Trinajstić information content (AvgIpc) is 3.27. The van der Waals surface area contributed by atoms with Gasteiger partial charge in [0.1, 0.15) is 11.6 Å². The summed E-state index contributed by atoms with van der Waals surface area (Å²) >= 11 is 13.5. The van der Waals surface area contributed by atoms with Gasteiger partial charge in [-0.1, -0.05) is 41.4 Å². The summed E-state index contributed by atoms with van der Waals surface area (Å²) in [7, 11) is 0. The highest BCUT2D eigenvalue weighted by atomic mass is 35.5. The van der Waals surface area contributed by atoms with Crippen LogP contribution in [-0.2, 0) is 6.42 Å². The van der Waals surface area contributed by atoms with Gasteiger partial charge in [-0.2, -0.15) is 4.37 Å². The molecule has 1 fully saturated rings. The minimum absolute atomic E-state index is 0.246. The van der Waals surface area contributed by atoms with Gasteiger partial charge in [-0.3, -0.25) is 4.90 Å². The Hall–Kier alpha value is -2.46. The molecular weight excluding hydrogens is 486 g/mol. The van der Waals surface area contributed by atoms with Gasteiger partial charge in [0, 0.05) is 57.2 Å². The number of halogens is 3. The predicted octanol–water partition coefficient (Wildman–Crippen LogP) is 4.52. The number of rotatable bonds is 7. The van der Waals surface area contributed by atoms with Gasteiger partial charge < -0.3 is 15.5 Å². The summed E-state index contributed by atoms with van der Waals surface area (Å²) in [5, 5.41) is 7.23. The van der Waals surface area contributed by atoms with Crippen molar-refractivity contribution in [2.75, 3.05) is 49.5 Å². The normalized spacial score (nSPS) is 14.3. The molecule has 1 aliphatic rings. The number of anilines is 2. The highest BCUT2D eigenvalue weighted by Crippen LogP contribution is 2.29. The smallest absolute Gasteiger partial charge is 0.319 e. The maximum absolute atomic E-state index is 13.1. The quantitative estimate of drug-likeness (QED) is 0.490. The first-order valence-electron chi connectivity index (χ1n) is 10.5. The number of benzene rings is 2. The van der Waals surface area contributed by atoms with Crippen molar-refractivity contribution in [1.29, 1.82) is 0 Å². The van der Waals surface area contributed by atoms with Gasteiger partial charge in [-0.05, 0) is 29.8 Å². The van der Waals surface area contributed by atoms with Crippen molar-refractivity contribution in [1.82, 2.24) is 19.6 Å². The van der Waals surface area contributed by atoms with Crippen molar-refractivity contribution in [3.05, 3.63) is 69.7 Å². The molecule has 0 spiro atoms. The van der Waals surface area contributed by atoms with Crippen LogP contribution in [0, 0.1) is 5.82 Å². The first-order valence-corrected chi connectivity index (χ1v) is 12.0. The fourth-order valence-corrected chi connectivity index (χ4v) is 4.72. The molecule has 174 valence electrons. The molecule has 0 unspecified atom stereocenters. The standard InChI is InChI=1S/C22H23Cl2FN6OS/c23-17-2-1-3-18(24)20(17)28-21(32)26-8-9-30-10-12-31(13-11-30)22-27-19(29-33-22)14-15-4-6-16(25)7-5-15/h1-7H,8-14H2,(H2,26,28,32). The molecule has 0 bridgehead atoms. The van der Waals surface area contributed by atoms with Gasteiger partial charge in [0.25, 0.3) is 0 Å². The van der Waals surface area contributed by atoms with Crippen LogP contribution in [-0.4, -0.2) is 59.6 Å². The first kappa shape index (κ1) is 23.7. The number of nitrogens with one attached hydrogen (secondary N) is 2. The van der Waals surface area contributed by atoms with Gasteiger partial charge in [-0.15, -0.1) is 0 Å². The Bertz CT molecular complexity index is 1070. The maximum Gasteiger partial charge on any atom is 0.319 e. The van der Waals surface area contributed by atoms with Crippen molar-refractivity contribution in [3.8, 4) is 0 Å². The molecule has 1 aliphatic heterocycles. The number of para-hydroxylation sites is 1. The molecule has 7 nitrogen and oxygen atoms in total. The number of piperazine rings is 1. The summed E-state index contributed by atoms with van der Waals surface area (Å²) in [6.45, 7) is 4.66. The number of aromatic nitrogens is 2. The lowest BCUT2D eigenvalue weighted by molar-refractivity contribution is 0.240. The first-order chi connectivity index (χ1) is 16.0. The summed E-state index contributed by atoms with van der Waals surface area (Å²) in [6.07, 6.45) is 0.587. The van der Waals surface area contributed by atoms with Crippen molar-refractivity contribution in [3.63, 3.8) is 0 Å². The van der Waals surface area contributed by atoms with Crippen LogP contribution in [0.25, 0.3) is 0 Å². The van der Waals surface area contributed by atoms with Crippen molar-refractivity contribution in [2.24, 2.45) is 0 Å². The number of hydrogen-bond donors (Lipinski definition) is 2. The van der Waals surface area contributed by atoms with Crippen LogP contribution in [0.15, 0.2) is 42.5 Å². The summed E-state index contributed by atoms with van der Waals surface area (Å²) in [6, 6.07) is 11.1. The molecule has 11 heteroatoms. The number of carbonyl (C=O) groups excluding carboxylic acids is 1. The molecule has 2 amide bonds. The maximum atomic E-state index is 13.1. The minimum Gasteiger partial charge on any atom is -0.344 e. The molecule has 0 aliphatic carbocycles. The minimum atomic E-state index is -0.342. The fraction of sp³-hybridized carbons (Fsp3) is 0.318. The van der Waals surface area contributed by atoms with E-state index in [9.17, 15) is 9.18 Å². The lowest BCUT2D eigenvalue weighted by atomic mass is 10.1. The molecule has 2 heterocycles. The third kappa shape index (κ3) is 6.54. The molecule has 2 aromatic carbocycles. The van der Waals surface area contributed by atoms with Crippen LogP contribution in [0.4, 0.5) is 20.0 Å². The van der Waals surface area contributed by atoms with Crippen LogP contribution < -0.4 is 15.5 Å². The second kappa shape index (κ2) is 11.1. The van der Waals surface area contributed by atoms with Gasteiger partial charge in [0.2, 0.25) is 5.13 Å². The van der Waals surface area contributed by atoms with Gasteiger partial charge in [0.05, 0.1) is 15.7 Å². The molecule has 33 heavy (non-hydrogen) atoms. The zero-order valence-corrected chi connectivity index (χ0v) is 20.1. The summed E-state index contributed by atoms with van der Waals surface area (Å²) in [5.74, 6) is 0.502. The van der Waals surface area contributed by atoms with E-state index in [0.29, 0.717) is 28.7 Å². The second-order valence-corrected chi connectivity index (χ2v) is 9.15. The van der Waals surface area contributed by atoms with E-state index in [1.807, 2.05) is 0 Å². The van der Waals surface area contributed by atoms with E-state index in [-0.39, 0.29) is 11.8 Å². The van der Waals surface area contributed by atoms with Crippen molar-refractivity contribution >= 4 is 51.6 Å². The highest BCUT2D eigenvalue weighted by Gasteiger charge is 2.20. The van der Waals surface area contributed by atoms with E-state index in [1.165, 1.54) is 23.7 Å². The number of amides is 2. The van der Waals surface area contributed by atoms with Gasteiger partial charge >= 0.3 is 6.03 Å². The fourth-order valence-electron chi connectivity index (χ4n) is 3.50. The number of hydrogen-bond acceptors (Lipinski definition) is 6. The molecule has 3 aromatic rings. The Labute approximate surface area is 205 Å². The van der Waals surface area contributed by atoms with Crippen LogP contribution in [0.3, 0.4) is 0 Å². The largest absolute Gasteiger partial charge is 0.344 e. The van der Waals surface area contributed by atoms with Gasteiger partial charge in [-0.25, -0.2) is 14.2 Å². The molecule has 4 rings (SSSR count). The van der Waals surface area contributed by atoms with Gasteiger partial charge in [0.15, 0.2) is 0 Å². The Kier molecular flexibility index (Phi) is 7.97. The lowest BCUT2D eigenvalue weighted by Gasteiger charge is -2.34. The number of urea groups is 1. The van der Waals surface area contributed by atoms with Crippen LogP contribution in [0.1, 0.15) is 11.4 Å². The van der Waals surface area contributed by atoms with Crippen molar-refractivity contribution < 1.29 is 9.18 Å². The second-order valence-electron chi connectivity index (χ2n) is 7.60. The van der Waals surface area contributed by atoms with E-state index < -0.39 is 0 Å². The Morgan fingerprint density at radius 1 is 1.06 bits per heavy atom. The highest BCUT2D eigenvalue weighted by molar-refractivity contribution is 7.09. The Morgan fingerprint density at radius 2 is 1.76 bits per heavy atom. The van der Waals surface area contributed by atoms with Crippen LogP contribution in [0.5, 0.6) is 0 Å². The molecule has 1 saturated heterocycles. The van der Waals surface area contributed by atoms with E-state index in [0.717, 1.165) is 49.2 Å². The molecule has 1 aromatic heterocycles. The molecular formula is C22H23Cl2FN6OS. The number of nitrogens with zero attached hydrogens (tertiary/aromatic N) is 4. The molecule has 0 radical (unpaired) electrons. The summed E-state index contributed by atoms with van der Waals surface area (Å²) in [4.78, 5) is 21.3. The molecule has 0 atom stereocenters. The van der Waals surface area contributed by atoms with E-state index in [1.54, 1.807) is 30.3 Å². The third-order valence-electron chi connectivity index (χ3n) is 5.29. The SMILES string of the molecule is O=C(NCCN1CCN(c2nc(Cc3ccc(F)cc3)ns2)CC1)Nc1c(Cl)cccc1Cl. The molecule has 2 N–H and O–H groups in total. The van der Waals surface area contributed by atoms with Crippen LogP contribution >= 0.6 is 34.7 Å². The number of carbonyl (C=O) groups is 1. The van der Waals surface area contributed by atoms with Crippen molar-refractivity contribution in [2.45, 2.75) is 6.42 Å². The third-order valence-corrected chi connectivity index (χ3v) is 6.74. The zero-order valence-electron chi connectivity index (χ0n) is 17.7. The zero-order chi connectivity index (χ0) is 23.2. The topological polar surface area (TPSA) is 73.4 Å². The average molecular weight is 509 g/mol. The van der Waals surface area contributed by atoms with E-state index in [2.05, 4.69) is 29.8 Å². The monoisotopic (exact) mass is 508 g/mol. The van der Waals surface area contributed by atoms with E-state index >= 15 is 0 Å². The summed E-state index contributed by atoms with van der Waals surface area (Å²) in [5.41, 5.74) is 1.39. The van der Waals surface area contributed by atoms with E-state index in [4.69, 9.17) is 23.2 Å². The van der Waals surface area contributed by atoms with Crippen LogP contribution in [0.2, 0.25) is 10.0 Å². The Balaban J connectivity index is 1.18. The predicted molar refractivity (Wildman–Crippen MR) is 131 cm³/mol.